The highest BCUT2D eigenvalue weighted by Crippen LogP contribution is 2.46. The van der Waals surface area contributed by atoms with Crippen LogP contribution in [-0.4, -0.2) is 25.4 Å². The van der Waals surface area contributed by atoms with Gasteiger partial charge < -0.3 is 9.64 Å². The summed E-state index contributed by atoms with van der Waals surface area (Å²) in [6.45, 7) is 3.84. The maximum Gasteiger partial charge on any atom is 0.331 e. The smallest absolute Gasteiger partial charge is 0.331 e. The number of rotatable bonds is 5. The van der Waals surface area contributed by atoms with Crippen LogP contribution in [0, 0.1) is 0 Å². The van der Waals surface area contributed by atoms with Gasteiger partial charge in [0, 0.05) is 41.0 Å². The van der Waals surface area contributed by atoms with Crippen LogP contribution in [0.3, 0.4) is 0 Å². The van der Waals surface area contributed by atoms with Gasteiger partial charge in [-0.15, -0.1) is 0 Å². The molecule has 5 heteroatoms. The fourth-order valence-electron chi connectivity index (χ4n) is 3.41. The molecule has 1 heterocycles. The normalized spacial score (nSPS) is 16.4. The Hall–Kier alpha value is -2.85. The lowest BCUT2D eigenvalue weighted by Crippen LogP contribution is -2.25. The second kappa shape index (κ2) is 8.03. The lowest BCUT2D eigenvalue weighted by Gasteiger charge is -2.23. The van der Waals surface area contributed by atoms with Crippen LogP contribution in [0.25, 0.3) is 6.08 Å². The van der Waals surface area contributed by atoms with Crippen LogP contribution < -0.4 is 4.90 Å². The quantitative estimate of drug-likeness (QED) is 0.540. The van der Waals surface area contributed by atoms with E-state index in [0.717, 1.165) is 16.9 Å². The first kappa shape index (κ1) is 19.9. The predicted molar refractivity (Wildman–Crippen MR) is 112 cm³/mol. The van der Waals surface area contributed by atoms with Gasteiger partial charge in [0.25, 0.3) is 0 Å². The maximum absolute atomic E-state index is 12.4. The van der Waals surface area contributed by atoms with Crippen molar-refractivity contribution in [3.05, 3.63) is 82.5 Å². The van der Waals surface area contributed by atoms with E-state index in [-0.39, 0.29) is 17.8 Å². The second-order valence-electron chi connectivity index (χ2n) is 7.16. The Bertz CT molecular complexity index is 975. The van der Waals surface area contributed by atoms with Crippen molar-refractivity contribution >= 4 is 35.1 Å². The van der Waals surface area contributed by atoms with Crippen LogP contribution >= 0.6 is 11.6 Å². The van der Waals surface area contributed by atoms with Crippen LogP contribution in [0.15, 0.2) is 66.4 Å². The van der Waals surface area contributed by atoms with Crippen molar-refractivity contribution < 1.29 is 14.3 Å². The van der Waals surface area contributed by atoms with Crippen LogP contribution in [-0.2, 0) is 19.7 Å². The zero-order chi connectivity index (χ0) is 20.3. The Labute approximate surface area is 170 Å². The lowest BCUT2D eigenvalue weighted by atomic mass is 9.83. The van der Waals surface area contributed by atoms with Gasteiger partial charge in [-0.2, -0.15) is 0 Å². The van der Waals surface area contributed by atoms with E-state index in [1.54, 1.807) is 24.3 Å². The lowest BCUT2D eigenvalue weighted by molar-refractivity contribution is -0.141. The largest absolute Gasteiger partial charge is 0.454 e. The Balaban J connectivity index is 1.64. The summed E-state index contributed by atoms with van der Waals surface area (Å²) in [4.78, 5) is 26.3. The van der Waals surface area contributed by atoms with Gasteiger partial charge >= 0.3 is 5.97 Å². The molecule has 0 fully saturated rings. The number of benzene rings is 2. The van der Waals surface area contributed by atoms with Crippen molar-refractivity contribution in [2.24, 2.45) is 0 Å². The first-order valence-electron chi connectivity index (χ1n) is 8.98. The summed E-state index contributed by atoms with van der Waals surface area (Å²) in [5.74, 6) is -0.851. The first-order chi connectivity index (χ1) is 13.3. The SMILES string of the molecule is CN1C(=CC(=O)COC(=O)C=Cc2ccccc2Cl)C(C)(C)c2ccccc21. The molecule has 0 aromatic heterocycles. The molecule has 2 aromatic carbocycles. The van der Waals surface area contributed by atoms with Gasteiger partial charge in [-0.3, -0.25) is 4.79 Å². The number of hydrogen-bond acceptors (Lipinski definition) is 4. The van der Waals surface area contributed by atoms with Crippen LogP contribution in [0.2, 0.25) is 5.02 Å². The van der Waals surface area contributed by atoms with Crippen molar-refractivity contribution in [2.45, 2.75) is 19.3 Å². The minimum atomic E-state index is -0.589. The Morgan fingerprint density at radius 1 is 1.11 bits per heavy atom. The third-order valence-electron chi connectivity index (χ3n) is 4.90. The molecular weight excluding hydrogens is 374 g/mol. The number of fused-ring (bicyclic) bond motifs is 1. The predicted octanol–water partition coefficient (Wildman–Crippen LogP) is 4.78. The number of carbonyl (C=O) groups excluding carboxylic acids is 2. The number of ketones is 1. The number of anilines is 1. The number of para-hydroxylation sites is 1. The van der Waals surface area contributed by atoms with E-state index >= 15 is 0 Å². The molecule has 4 nitrogen and oxygen atoms in total. The third kappa shape index (κ3) is 4.02. The summed E-state index contributed by atoms with van der Waals surface area (Å²) < 4.78 is 5.07. The van der Waals surface area contributed by atoms with E-state index in [9.17, 15) is 9.59 Å². The Morgan fingerprint density at radius 2 is 1.79 bits per heavy atom. The number of hydrogen-bond donors (Lipinski definition) is 0. The highest BCUT2D eigenvalue weighted by Gasteiger charge is 2.38. The van der Waals surface area contributed by atoms with Gasteiger partial charge in [0.2, 0.25) is 0 Å². The zero-order valence-corrected chi connectivity index (χ0v) is 16.9. The molecule has 0 spiro atoms. The summed E-state index contributed by atoms with van der Waals surface area (Å²) in [6.07, 6.45) is 4.40. The summed E-state index contributed by atoms with van der Waals surface area (Å²) >= 11 is 6.04. The van der Waals surface area contributed by atoms with E-state index < -0.39 is 5.97 Å². The van der Waals surface area contributed by atoms with Gasteiger partial charge in [0.15, 0.2) is 12.4 Å². The third-order valence-corrected chi connectivity index (χ3v) is 5.24. The maximum atomic E-state index is 12.4. The first-order valence-corrected chi connectivity index (χ1v) is 9.36. The average Bonchev–Trinajstić information content (AvgIpc) is 2.87. The van der Waals surface area contributed by atoms with Crippen molar-refractivity contribution in [3.63, 3.8) is 0 Å². The number of esters is 1. The monoisotopic (exact) mass is 395 g/mol. The highest BCUT2D eigenvalue weighted by molar-refractivity contribution is 6.32. The molecule has 28 heavy (non-hydrogen) atoms. The minimum Gasteiger partial charge on any atom is -0.454 e. The second-order valence-corrected chi connectivity index (χ2v) is 7.57. The minimum absolute atomic E-state index is 0.262. The fraction of sp³-hybridized carbons (Fsp3) is 0.217. The van der Waals surface area contributed by atoms with E-state index in [0.29, 0.717) is 10.6 Å². The molecule has 0 amide bonds. The number of halogens is 1. The van der Waals surface area contributed by atoms with Crippen molar-refractivity contribution in [1.82, 2.24) is 0 Å². The Morgan fingerprint density at radius 3 is 2.50 bits per heavy atom. The van der Waals surface area contributed by atoms with Gasteiger partial charge in [-0.05, 0) is 29.3 Å². The molecule has 0 aliphatic carbocycles. The van der Waals surface area contributed by atoms with E-state index in [1.807, 2.05) is 42.3 Å². The number of nitrogens with zero attached hydrogens (tertiary/aromatic N) is 1. The van der Waals surface area contributed by atoms with E-state index in [4.69, 9.17) is 16.3 Å². The molecule has 0 radical (unpaired) electrons. The van der Waals surface area contributed by atoms with Crippen LogP contribution in [0.5, 0.6) is 0 Å². The fourth-order valence-corrected chi connectivity index (χ4v) is 3.61. The summed E-state index contributed by atoms with van der Waals surface area (Å²) in [5, 5.41) is 0.540. The molecule has 1 aliphatic heterocycles. The Kier molecular flexibility index (Phi) is 5.71. The highest BCUT2D eigenvalue weighted by atomic mass is 35.5. The van der Waals surface area contributed by atoms with Crippen LogP contribution in [0.1, 0.15) is 25.0 Å². The molecule has 0 saturated heterocycles. The van der Waals surface area contributed by atoms with Crippen molar-refractivity contribution in [1.29, 1.82) is 0 Å². The van der Waals surface area contributed by atoms with E-state index in [2.05, 4.69) is 19.9 Å². The molecule has 0 N–H and O–H groups in total. The molecule has 0 atom stereocenters. The van der Waals surface area contributed by atoms with Gasteiger partial charge in [-0.25, -0.2) is 4.79 Å². The summed E-state index contributed by atoms with van der Waals surface area (Å²) in [6, 6.07) is 15.2. The molecule has 0 bridgehead atoms. The van der Waals surface area contributed by atoms with Crippen LogP contribution in [0.4, 0.5) is 5.69 Å². The van der Waals surface area contributed by atoms with Gasteiger partial charge in [0.05, 0.1) is 0 Å². The molecule has 2 aromatic rings. The van der Waals surface area contributed by atoms with Gasteiger partial charge in [-0.1, -0.05) is 61.8 Å². The molecule has 3 rings (SSSR count). The number of ether oxygens (including phenoxy) is 1. The summed E-state index contributed by atoms with van der Waals surface area (Å²) in [5.41, 5.74) is 3.53. The number of likely N-dealkylation sites (N-methyl/N-ethyl adjacent to an activating group) is 1. The van der Waals surface area contributed by atoms with E-state index in [1.165, 1.54) is 6.08 Å². The topological polar surface area (TPSA) is 46.6 Å². The zero-order valence-electron chi connectivity index (χ0n) is 16.1. The van der Waals surface area contributed by atoms with Gasteiger partial charge in [0.1, 0.15) is 0 Å². The molecule has 144 valence electrons. The molecule has 1 aliphatic rings. The number of allylic oxidation sites excluding steroid dienone is 1. The molecule has 0 unspecified atom stereocenters. The standard InChI is InChI=1S/C23H22ClNO3/c1-23(2)18-9-5-7-11-20(18)25(3)21(23)14-17(26)15-28-22(27)13-12-16-8-4-6-10-19(16)24/h4-14H,15H2,1-3H3. The molecule has 0 saturated carbocycles. The summed E-state index contributed by atoms with van der Waals surface area (Å²) in [7, 11) is 1.94. The average molecular weight is 396 g/mol. The van der Waals surface area contributed by atoms with Crippen molar-refractivity contribution in [3.8, 4) is 0 Å². The number of carbonyl (C=O) groups is 2. The molecular formula is C23H22ClNO3. The van der Waals surface area contributed by atoms with Crippen molar-refractivity contribution in [2.75, 3.05) is 18.6 Å².